The molecule has 6 heteroatoms. The minimum absolute atomic E-state index is 0.0809. The summed E-state index contributed by atoms with van der Waals surface area (Å²) in [5, 5.41) is 5.55. The molecule has 6 nitrogen and oxygen atoms in total. The summed E-state index contributed by atoms with van der Waals surface area (Å²) in [4.78, 5) is 32.9. The lowest BCUT2D eigenvalue weighted by atomic mass is 9.86. The van der Waals surface area contributed by atoms with Crippen LogP contribution < -0.4 is 10.6 Å². The molecule has 1 saturated carbocycles. The highest BCUT2D eigenvalue weighted by Gasteiger charge is 2.25. The minimum atomic E-state index is -0.640. The molecule has 0 radical (unpaired) electrons. The van der Waals surface area contributed by atoms with E-state index in [1.165, 1.54) is 6.42 Å². The highest BCUT2D eigenvalue weighted by atomic mass is 16.2. The Kier molecular flexibility index (Phi) is 5.61. The van der Waals surface area contributed by atoms with Crippen LogP contribution in [0.3, 0.4) is 0 Å². The van der Waals surface area contributed by atoms with Gasteiger partial charge >= 0.3 is 11.8 Å². The van der Waals surface area contributed by atoms with E-state index < -0.39 is 11.8 Å². The van der Waals surface area contributed by atoms with Gasteiger partial charge in [-0.1, -0.05) is 31.9 Å². The molecule has 0 spiro atoms. The number of nitrogens with zero attached hydrogens (tertiary/aromatic N) is 2. The van der Waals surface area contributed by atoms with Gasteiger partial charge in [0.15, 0.2) is 0 Å². The molecule has 1 aliphatic carbocycles. The Morgan fingerprint density at radius 1 is 1.12 bits per heavy atom. The number of amides is 2. The van der Waals surface area contributed by atoms with Crippen molar-refractivity contribution >= 4 is 17.5 Å². The van der Waals surface area contributed by atoms with E-state index in [2.05, 4.69) is 27.5 Å². The van der Waals surface area contributed by atoms with Crippen LogP contribution in [0.4, 0.5) is 5.69 Å². The highest BCUT2D eigenvalue weighted by molar-refractivity contribution is 6.39. The molecule has 1 aliphatic rings. The Labute approximate surface area is 153 Å². The van der Waals surface area contributed by atoms with Gasteiger partial charge in [0, 0.05) is 23.5 Å². The molecule has 1 fully saturated rings. The van der Waals surface area contributed by atoms with Gasteiger partial charge in [0.2, 0.25) is 0 Å². The summed E-state index contributed by atoms with van der Waals surface area (Å²) in [7, 11) is 0. The van der Waals surface area contributed by atoms with Gasteiger partial charge < -0.3 is 10.6 Å². The molecule has 0 aliphatic heterocycles. The lowest BCUT2D eigenvalue weighted by Gasteiger charge is -2.29. The number of aryl methyl sites for hydroxylation is 1. The molecular weight excluding hydrogens is 328 g/mol. The Morgan fingerprint density at radius 2 is 1.92 bits per heavy atom. The van der Waals surface area contributed by atoms with Crippen LogP contribution in [0.15, 0.2) is 36.5 Å². The number of hydrogen-bond donors (Lipinski definition) is 2. The molecule has 2 aromatic rings. The number of hydrogen-bond acceptors (Lipinski definition) is 4. The normalized spacial score (nSPS) is 19.6. The predicted octanol–water partition coefficient (Wildman–Crippen LogP) is 3.09. The zero-order valence-electron chi connectivity index (χ0n) is 15.2. The molecule has 1 heterocycles. The van der Waals surface area contributed by atoms with Crippen molar-refractivity contribution in [3.05, 3.63) is 42.4 Å². The van der Waals surface area contributed by atoms with Crippen LogP contribution in [0.2, 0.25) is 0 Å². The topological polar surface area (TPSA) is 84.0 Å². The average Bonchev–Trinajstić information content (AvgIpc) is 2.64. The van der Waals surface area contributed by atoms with E-state index in [0.717, 1.165) is 30.5 Å². The van der Waals surface area contributed by atoms with Gasteiger partial charge in [-0.25, -0.2) is 9.97 Å². The average molecular weight is 352 g/mol. The zero-order chi connectivity index (χ0) is 18.5. The molecule has 2 N–H and O–H groups in total. The monoisotopic (exact) mass is 352 g/mol. The van der Waals surface area contributed by atoms with Gasteiger partial charge in [-0.15, -0.1) is 0 Å². The summed E-state index contributed by atoms with van der Waals surface area (Å²) in [6.45, 7) is 3.95. The fourth-order valence-corrected chi connectivity index (χ4v) is 3.33. The van der Waals surface area contributed by atoms with Crippen molar-refractivity contribution in [2.24, 2.45) is 5.92 Å². The van der Waals surface area contributed by atoms with Crippen LogP contribution in [-0.4, -0.2) is 27.8 Å². The van der Waals surface area contributed by atoms with Gasteiger partial charge in [0.25, 0.3) is 0 Å². The number of carbonyl (C=O) groups is 2. The van der Waals surface area contributed by atoms with Gasteiger partial charge in [-0.2, -0.15) is 0 Å². The van der Waals surface area contributed by atoms with E-state index in [0.29, 0.717) is 17.4 Å². The molecule has 0 bridgehead atoms. The Morgan fingerprint density at radius 3 is 2.69 bits per heavy atom. The minimum Gasteiger partial charge on any atom is -0.345 e. The van der Waals surface area contributed by atoms with Crippen LogP contribution >= 0.6 is 0 Å². The summed E-state index contributed by atoms with van der Waals surface area (Å²) < 4.78 is 0. The van der Waals surface area contributed by atoms with Crippen molar-refractivity contribution in [3.63, 3.8) is 0 Å². The lowest BCUT2D eigenvalue weighted by molar-refractivity contribution is -0.137. The Bertz CT molecular complexity index is 806. The lowest BCUT2D eigenvalue weighted by Crippen LogP contribution is -2.45. The summed E-state index contributed by atoms with van der Waals surface area (Å²) in [5.74, 6) is -0.131. The largest absolute Gasteiger partial charge is 0.345 e. The predicted molar refractivity (Wildman–Crippen MR) is 100 cm³/mol. The number of benzene rings is 1. The van der Waals surface area contributed by atoms with Crippen LogP contribution in [0, 0.1) is 12.8 Å². The van der Waals surface area contributed by atoms with Crippen LogP contribution in [0.1, 0.15) is 38.4 Å². The summed E-state index contributed by atoms with van der Waals surface area (Å²) in [5.41, 5.74) is 2.19. The molecule has 1 aromatic carbocycles. The van der Waals surface area contributed by atoms with Crippen molar-refractivity contribution in [1.82, 2.24) is 15.3 Å². The fourth-order valence-electron chi connectivity index (χ4n) is 3.33. The third-order valence-electron chi connectivity index (χ3n) is 4.83. The Hall–Kier alpha value is -2.76. The fraction of sp³-hybridized carbons (Fsp3) is 0.400. The molecule has 2 atom stereocenters. The van der Waals surface area contributed by atoms with Gasteiger partial charge in [0.1, 0.15) is 5.82 Å². The molecule has 0 unspecified atom stereocenters. The second kappa shape index (κ2) is 8.08. The highest BCUT2D eigenvalue weighted by Crippen LogP contribution is 2.24. The van der Waals surface area contributed by atoms with Crippen LogP contribution in [0.25, 0.3) is 11.3 Å². The maximum atomic E-state index is 12.2. The SMILES string of the molecule is Cc1nccc(-c2cccc(NC(=O)C(=O)N[C@H]3CCCC[C@@H]3C)c2)n1. The molecular formula is C20H24N4O2. The first-order valence-electron chi connectivity index (χ1n) is 9.05. The smallest absolute Gasteiger partial charge is 0.313 e. The zero-order valence-corrected chi connectivity index (χ0v) is 15.2. The second-order valence-corrected chi connectivity index (χ2v) is 6.87. The van der Waals surface area contributed by atoms with E-state index >= 15 is 0 Å². The number of anilines is 1. The first kappa shape index (κ1) is 18.0. The molecule has 26 heavy (non-hydrogen) atoms. The van der Waals surface area contributed by atoms with Gasteiger partial charge in [0.05, 0.1) is 5.69 Å². The first-order chi connectivity index (χ1) is 12.5. The summed E-state index contributed by atoms with van der Waals surface area (Å²) in [6, 6.07) is 9.18. The van der Waals surface area contributed by atoms with E-state index in [-0.39, 0.29) is 6.04 Å². The second-order valence-electron chi connectivity index (χ2n) is 6.87. The quantitative estimate of drug-likeness (QED) is 0.832. The Balaban J connectivity index is 1.65. The summed E-state index contributed by atoms with van der Waals surface area (Å²) >= 11 is 0. The van der Waals surface area contributed by atoms with Crippen LogP contribution in [0.5, 0.6) is 0 Å². The number of carbonyl (C=O) groups excluding carboxylic acids is 2. The number of aromatic nitrogens is 2. The van der Waals surface area contributed by atoms with Crippen molar-refractivity contribution in [2.75, 3.05) is 5.32 Å². The number of nitrogens with one attached hydrogen (secondary N) is 2. The van der Waals surface area contributed by atoms with Crippen molar-refractivity contribution in [2.45, 2.75) is 45.6 Å². The van der Waals surface area contributed by atoms with Gasteiger partial charge in [-0.05, 0) is 43.9 Å². The third-order valence-corrected chi connectivity index (χ3v) is 4.83. The van der Waals surface area contributed by atoms with E-state index in [4.69, 9.17) is 0 Å². The summed E-state index contributed by atoms with van der Waals surface area (Å²) in [6.07, 6.45) is 6.00. The first-order valence-corrected chi connectivity index (χ1v) is 9.05. The van der Waals surface area contributed by atoms with E-state index in [9.17, 15) is 9.59 Å². The molecule has 136 valence electrons. The maximum absolute atomic E-state index is 12.2. The number of rotatable bonds is 3. The molecule has 1 aromatic heterocycles. The third kappa shape index (κ3) is 4.45. The van der Waals surface area contributed by atoms with E-state index in [1.54, 1.807) is 18.3 Å². The van der Waals surface area contributed by atoms with Gasteiger partial charge in [-0.3, -0.25) is 9.59 Å². The van der Waals surface area contributed by atoms with E-state index in [1.807, 2.05) is 25.1 Å². The van der Waals surface area contributed by atoms with Crippen molar-refractivity contribution < 1.29 is 9.59 Å². The van der Waals surface area contributed by atoms with Crippen molar-refractivity contribution in [1.29, 1.82) is 0 Å². The molecule has 2 amide bonds. The maximum Gasteiger partial charge on any atom is 0.313 e. The molecule has 3 rings (SSSR count). The molecule has 0 saturated heterocycles. The van der Waals surface area contributed by atoms with Crippen LogP contribution in [-0.2, 0) is 9.59 Å². The van der Waals surface area contributed by atoms with Crippen molar-refractivity contribution in [3.8, 4) is 11.3 Å². The standard InChI is InChI=1S/C20H24N4O2/c1-13-6-3-4-9-17(13)24-20(26)19(25)23-16-8-5-7-15(12-16)18-10-11-21-14(2)22-18/h5,7-8,10-13,17H,3-4,6,9H2,1-2H3,(H,23,25)(H,24,26)/t13-,17-/m0/s1.